The van der Waals surface area contributed by atoms with Crippen LogP contribution in [-0.4, -0.2) is 15.7 Å². The van der Waals surface area contributed by atoms with E-state index < -0.39 is 11.7 Å². The normalized spacial score (nSPS) is 10.0. The van der Waals surface area contributed by atoms with Crippen molar-refractivity contribution in [1.82, 2.24) is 9.78 Å². The Balaban J connectivity index is 2.31. The van der Waals surface area contributed by atoms with Crippen LogP contribution in [-0.2, 0) is 7.05 Å². The maximum atomic E-state index is 13.0. The summed E-state index contributed by atoms with van der Waals surface area (Å²) in [4.78, 5) is 12.1. The molecular weight excluding hydrogens is 247 g/mol. The average molecular weight is 258 g/mol. The number of aryl methyl sites for hydroxylation is 2. The second-order valence-electron chi connectivity index (χ2n) is 4.06. The van der Waals surface area contributed by atoms with Crippen LogP contribution in [0.2, 0.25) is 0 Å². The fourth-order valence-corrected chi connectivity index (χ4v) is 1.72. The fourth-order valence-electron chi connectivity index (χ4n) is 1.72. The van der Waals surface area contributed by atoms with Gasteiger partial charge in [0, 0.05) is 12.6 Å². The number of halogens is 1. The Morgan fingerprint density at radius 1 is 1.53 bits per heavy atom. The molecule has 0 atom stereocenters. The molecule has 0 bridgehead atoms. The van der Waals surface area contributed by atoms with Gasteiger partial charge >= 0.3 is 0 Å². The molecule has 5 nitrogen and oxygen atoms in total. The van der Waals surface area contributed by atoms with Crippen molar-refractivity contribution in [3.63, 3.8) is 0 Å². The molecule has 0 unspecified atom stereocenters. The lowest BCUT2D eigenvalue weighted by atomic mass is 10.1. The third kappa shape index (κ3) is 2.45. The van der Waals surface area contributed by atoms with Gasteiger partial charge in [-0.25, -0.2) is 4.39 Å². The summed E-state index contributed by atoms with van der Waals surface area (Å²) in [6.45, 7) is 1.65. The number of benzene rings is 1. The predicted molar refractivity (Wildman–Crippen MR) is 67.0 cm³/mol. The summed E-state index contributed by atoms with van der Waals surface area (Å²) in [5, 5.41) is 15.4. The number of nitrogens with zero attached hydrogens (tertiary/aromatic N) is 3. The monoisotopic (exact) mass is 258 g/mol. The Morgan fingerprint density at radius 2 is 2.26 bits per heavy atom. The molecule has 6 heteroatoms. The van der Waals surface area contributed by atoms with Crippen molar-refractivity contribution in [1.29, 1.82) is 5.26 Å². The van der Waals surface area contributed by atoms with Gasteiger partial charge in [0.25, 0.3) is 5.91 Å². The predicted octanol–water partition coefficient (Wildman–Crippen LogP) is 1.99. The van der Waals surface area contributed by atoms with Gasteiger partial charge in [0.1, 0.15) is 23.3 Å². The molecule has 2 rings (SSSR count). The Kier molecular flexibility index (Phi) is 3.29. The van der Waals surface area contributed by atoms with E-state index in [0.717, 1.165) is 0 Å². The molecule has 0 aliphatic rings. The first kappa shape index (κ1) is 12.8. The van der Waals surface area contributed by atoms with Gasteiger partial charge in [0.15, 0.2) is 0 Å². The van der Waals surface area contributed by atoms with Gasteiger partial charge in [-0.2, -0.15) is 10.4 Å². The Hall–Kier alpha value is -2.68. The van der Waals surface area contributed by atoms with Crippen molar-refractivity contribution in [2.75, 3.05) is 5.32 Å². The number of hydrogen-bond donors (Lipinski definition) is 1. The molecule has 0 saturated carbocycles. The summed E-state index contributed by atoms with van der Waals surface area (Å²) in [5.74, 6) is -0.485. The zero-order valence-electron chi connectivity index (χ0n) is 10.4. The molecular formula is C13H11FN4O. The van der Waals surface area contributed by atoms with E-state index in [1.165, 1.54) is 29.1 Å². The van der Waals surface area contributed by atoms with E-state index in [1.807, 2.05) is 6.07 Å². The fraction of sp³-hybridized carbons (Fsp3) is 0.154. The zero-order chi connectivity index (χ0) is 14.0. The molecule has 0 saturated heterocycles. The summed E-state index contributed by atoms with van der Waals surface area (Å²) in [6, 6.07) is 5.84. The smallest absolute Gasteiger partial charge is 0.257 e. The van der Waals surface area contributed by atoms with E-state index in [9.17, 15) is 9.18 Å². The number of carbonyl (C=O) groups excluding carboxylic acids is 1. The molecule has 2 aromatic rings. The molecule has 1 amide bonds. The van der Waals surface area contributed by atoms with Crippen molar-refractivity contribution in [2.45, 2.75) is 6.92 Å². The SMILES string of the molecule is Cc1cc(F)ccc1C(=O)Nc1c(C#N)cnn1C. The maximum Gasteiger partial charge on any atom is 0.257 e. The minimum atomic E-state index is -0.405. The Bertz CT molecular complexity index is 684. The lowest BCUT2D eigenvalue weighted by Gasteiger charge is -2.08. The first-order valence-corrected chi connectivity index (χ1v) is 5.52. The van der Waals surface area contributed by atoms with Gasteiger partial charge in [0.05, 0.1) is 6.20 Å². The molecule has 96 valence electrons. The Labute approximate surface area is 109 Å². The molecule has 1 aromatic carbocycles. The minimum absolute atomic E-state index is 0.274. The topological polar surface area (TPSA) is 70.7 Å². The lowest BCUT2D eigenvalue weighted by molar-refractivity contribution is 0.102. The molecule has 1 N–H and O–H groups in total. The van der Waals surface area contributed by atoms with E-state index in [-0.39, 0.29) is 5.56 Å². The van der Waals surface area contributed by atoms with Crippen LogP contribution in [0.1, 0.15) is 21.5 Å². The highest BCUT2D eigenvalue weighted by molar-refractivity contribution is 6.05. The summed E-state index contributed by atoms with van der Waals surface area (Å²) in [7, 11) is 1.62. The van der Waals surface area contributed by atoms with E-state index in [2.05, 4.69) is 10.4 Å². The number of carbonyl (C=O) groups is 1. The van der Waals surface area contributed by atoms with Gasteiger partial charge in [-0.3, -0.25) is 9.48 Å². The van der Waals surface area contributed by atoms with Crippen molar-refractivity contribution in [2.24, 2.45) is 7.05 Å². The number of nitrogens with one attached hydrogen (secondary N) is 1. The van der Waals surface area contributed by atoms with Crippen LogP contribution in [0.4, 0.5) is 10.2 Å². The van der Waals surface area contributed by atoms with Gasteiger partial charge in [-0.15, -0.1) is 0 Å². The average Bonchev–Trinajstić information content (AvgIpc) is 2.70. The van der Waals surface area contributed by atoms with E-state index in [0.29, 0.717) is 16.9 Å². The van der Waals surface area contributed by atoms with Crippen molar-refractivity contribution in [3.05, 3.63) is 46.9 Å². The van der Waals surface area contributed by atoms with Crippen LogP contribution in [0.25, 0.3) is 0 Å². The molecule has 0 spiro atoms. The highest BCUT2D eigenvalue weighted by Crippen LogP contribution is 2.16. The molecule has 19 heavy (non-hydrogen) atoms. The molecule has 0 aliphatic carbocycles. The third-order valence-corrected chi connectivity index (χ3v) is 2.72. The van der Waals surface area contributed by atoms with Crippen LogP contribution in [0.3, 0.4) is 0 Å². The standard InChI is InChI=1S/C13H11FN4O/c1-8-5-10(14)3-4-11(8)13(19)17-12-9(6-15)7-16-18(12)2/h3-5,7H,1-2H3,(H,17,19). The van der Waals surface area contributed by atoms with Crippen molar-refractivity contribution < 1.29 is 9.18 Å². The summed E-state index contributed by atoms with van der Waals surface area (Å²) in [6.07, 6.45) is 1.37. The molecule has 1 aromatic heterocycles. The quantitative estimate of drug-likeness (QED) is 0.895. The highest BCUT2D eigenvalue weighted by atomic mass is 19.1. The van der Waals surface area contributed by atoms with Gasteiger partial charge in [0.2, 0.25) is 0 Å². The van der Waals surface area contributed by atoms with Gasteiger partial charge < -0.3 is 5.32 Å². The van der Waals surface area contributed by atoms with Crippen LogP contribution in [0.5, 0.6) is 0 Å². The second kappa shape index (κ2) is 4.90. The number of anilines is 1. The maximum absolute atomic E-state index is 13.0. The van der Waals surface area contributed by atoms with Gasteiger partial charge in [-0.1, -0.05) is 0 Å². The highest BCUT2D eigenvalue weighted by Gasteiger charge is 2.14. The van der Waals surface area contributed by atoms with Crippen LogP contribution in [0.15, 0.2) is 24.4 Å². The lowest BCUT2D eigenvalue weighted by Crippen LogP contribution is -2.16. The minimum Gasteiger partial charge on any atom is -0.306 e. The molecule has 0 fully saturated rings. The number of aromatic nitrogens is 2. The van der Waals surface area contributed by atoms with Crippen molar-refractivity contribution in [3.8, 4) is 6.07 Å². The largest absolute Gasteiger partial charge is 0.306 e. The summed E-state index contributed by atoms with van der Waals surface area (Å²) in [5.41, 5.74) is 1.15. The second-order valence-corrected chi connectivity index (χ2v) is 4.06. The van der Waals surface area contributed by atoms with E-state index in [4.69, 9.17) is 5.26 Å². The third-order valence-electron chi connectivity index (χ3n) is 2.72. The van der Waals surface area contributed by atoms with Crippen LogP contribution in [0, 0.1) is 24.1 Å². The first-order valence-electron chi connectivity index (χ1n) is 5.52. The van der Waals surface area contributed by atoms with Crippen LogP contribution < -0.4 is 5.32 Å². The first-order chi connectivity index (χ1) is 9.02. The number of rotatable bonds is 2. The molecule has 0 radical (unpaired) electrons. The van der Waals surface area contributed by atoms with E-state index >= 15 is 0 Å². The molecule has 1 heterocycles. The summed E-state index contributed by atoms with van der Waals surface area (Å²) < 4.78 is 14.4. The molecule has 0 aliphatic heterocycles. The zero-order valence-corrected chi connectivity index (χ0v) is 10.4. The number of nitriles is 1. The van der Waals surface area contributed by atoms with Crippen LogP contribution >= 0.6 is 0 Å². The van der Waals surface area contributed by atoms with Gasteiger partial charge in [-0.05, 0) is 30.7 Å². The number of amides is 1. The summed E-state index contributed by atoms with van der Waals surface area (Å²) >= 11 is 0. The Morgan fingerprint density at radius 3 is 2.89 bits per heavy atom. The number of hydrogen-bond acceptors (Lipinski definition) is 3. The van der Waals surface area contributed by atoms with Crippen molar-refractivity contribution >= 4 is 11.7 Å². The van der Waals surface area contributed by atoms with E-state index in [1.54, 1.807) is 14.0 Å².